The molecular weight excluding hydrogens is 134 g/mol. The predicted molar refractivity (Wildman–Crippen MR) is 34.8 cm³/mol. The molecule has 4 nitrogen and oxygen atoms in total. The number of carboxylic acids is 1. The molecule has 0 amide bonds. The third-order valence-corrected chi connectivity index (χ3v) is 1.67. The summed E-state index contributed by atoms with van der Waals surface area (Å²) in [6.07, 6.45) is -0.778. The van der Waals surface area contributed by atoms with Crippen LogP contribution in [0.15, 0.2) is 5.16 Å². The number of hydrogen-bond acceptors (Lipinski definition) is 3. The SMILES string of the molecule is CC1=NOC(C(=O)O)C1C. The third-order valence-electron chi connectivity index (χ3n) is 1.67. The predicted octanol–water partition coefficient (Wildman–Crippen LogP) is 0.482. The van der Waals surface area contributed by atoms with Crippen LogP contribution in [0.4, 0.5) is 0 Å². The van der Waals surface area contributed by atoms with Gasteiger partial charge in [-0.05, 0) is 6.92 Å². The van der Waals surface area contributed by atoms with Gasteiger partial charge in [-0.15, -0.1) is 0 Å². The van der Waals surface area contributed by atoms with Gasteiger partial charge in [0.05, 0.1) is 5.71 Å². The molecule has 0 aliphatic carbocycles. The molecule has 10 heavy (non-hydrogen) atoms. The van der Waals surface area contributed by atoms with Gasteiger partial charge in [0.15, 0.2) is 0 Å². The second kappa shape index (κ2) is 2.28. The first kappa shape index (κ1) is 7.05. The van der Waals surface area contributed by atoms with E-state index in [2.05, 4.69) is 9.99 Å². The molecule has 0 saturated heterocycles. The van der Waals surface area contributed by atoms with Gasteiger partial charge in [-0.2, -0.15) is 0 Å². The van der Waals surface area contributed by atoms with Crippen molar-refractivity contribution in [3.63, 3.8) is 0 Å². The Kier molecular flexibility index (Phi) is 1.61. The zero-order valence-corrected chi connectivity index (χ0v) is 5.87. The van der Waals surface area contributed by atoms with Crippen LogP contribution in [-0.2, 0) is 9.63 Å². The smallest absolute Gasteiger partial charge is 0.348 e. The molecule has 0 aromatic carbocycles. The highest BCUT2D eigenvalue weighted by atomic mass is 16.7. The molecule has 0 radical (unpaired) electrons. The molecule has 0 fully saturated rings. The Balaban J connectivity index is 2.65. The molecule has 0 saturated carbocycles. The lowest BCUT2D eigenvalue weighted by Gasteiger charge is -2.06. The van der Waals surface area contributed by atoms with E-state index in [1.54, 1.807) is 13.8 Å². The molecule has 0 spiro atoms. The average Bonchev–Trinajstić information content (AvgIpc) is 2.14. The number of rotatable bonds is 1. The van der Waals surface area contributed by atoms with E-state index in [0.29, 0.717) is 0 Å². The van der Waals surface area contributed by atoms with Crippen LogP contribution in [0.1, 0.15) is 13.8 Å². The van der Waals surface area contributed by atoms with Gasteiger partial charge in [-0.1, -0.05) is 12.1 Å². The molecule has 2 atom stereocenters. The lowest BCUT2D eigenvalue weighted by Crippen LogP contribution is -2.27. The number of carbonyl (C=O) groups is 1. The van der Waals surface area contributed by atoms with E-state index >= 15 is 0 Å². The summed E-state index contributed by atoms with van der Waals surface area (Å²) >= 11 is 0. The van der Waals surface area contributed by atoms with Crippen molar-refractivity contribution in [2.45, 2.75) is 20.0 Å². The molecule has 1 heterocycles. The summed E-state index contributed by atoms with van der Waals surface area (Å²) in [4.78, 5) is 15.0. The largest absolute Gasteiger partial charge is 0.478 e. The van der Waals surface area contributed by atoms with Crippen LogP contribution < -0.4 is 0 Å². The second-order valence-corrected chi connectivity index (χ2v) is 2.39. The minimum Gasteiger partial charge on any atom is -0.478 e. The van der Waals surface area contributed by atoms with Crippen LogP contribution in [0, 0.1) is 5.92 Å². The number of oxime groups is 1. The van der Waals surface area contributed by atoms with Crippen molar-refractivity contribution < 1.29 is 14.7 Å². The second-order valence-electron chi connectivity index (χ2n) is 2.39. The molecule has 0 aromatic rings. The number of aliphatic carboxylic acids is 1. The molecule has 1 N–H and O–H groups in total. The van der Waals surface area contributed by atoms with Gasteiger partial charge in [0, 0.05) is 5.92 Å². The summed E-state index contributed by atoms with van der Waals surface area (Å²) in [6, 6.07) is 0. The Hall–Kier alpha value is -1.06. The van der Waals surface area contributed by atoms with E-state index in [1.807, 2.05) is 0 Å². The molecule has 1 aliphatic rings. The standard InChI is InChI=1S/C6H9NO3/c1-3-4(2)7-10-5(3)6(8)9/h3,5H,1-2H3,(H,8,9). The fourth-order valence-electron chi connectivity index (χ4n) is 0.792. The van der Waals surface area contributed by atoms with Crippen molar-refractivity contribution in [2.75, 3.05) is 0 Å². The van der Waals surface area contributed by atoms with Crippen molar-refractivity contribution in [3.05, 3.63) is 0 Å². The van der Waals surface area contributed by atoms with Crippen LogP contribution in [0.25, 0.3) is 0 Å². The first-order valence-corrected chi connectivity index (χ1v) is 3.06. The summed E-state index contributed by atoms with van der Waals surface area (Å²) in [5.74, 6) is -1.05. The highest BCUT2D eigenvalue weighted by Gasteiger charge is 2.33. The van der Waals surface area contributed by atoms with E-state index in [9.17, 15) is 4.79 Å². The fourth-order valence-corrected chi connectivity index (χ4v) is 0.792. The number of nitrogens with zero attached hydrogens (tertiary/aromatic N) is 1. The van der Waals surface area contributed by atoms with Gasteiger partial charge >= 0.3 is 5.97 Å². The van der Waals surface area contributed by atoms with Crippen molar-refractivity contribution >= 4 is 11.7 Å². The molecular formula is C6H9NO3. The monoisotopic (exact) mass is 143 g/mol. The molecule has 0 bridgehead atoms. The number of carboxylic acid groups (broad SMARTS) is 1. The zero-order chi connectivity index (χ0) is 7.72. The minimum absolute atomic E-state index is 0.0995. The molecule has 2 unspecified atom stereocenters. The van der Waals surface area contributed by atoms with E-state index < -0.39 is 12.1 Å². The van der Waals surface area contributed by atoms with Gasteiger partial charge < -0.3 is 9.94 Å². The molecule has 1 rings (SSSR count). The van der Waals surface area contributed by atoms with E-state index in [4.69, 9.17) is 5.11 Å². The molecule has 56 valence electrons. The van der Waals surface area contributed by atoms with E-state index in [0.717, 1.165) is 5.71 Å². The first-order valence-electron chi connectivity index (χ1n) is 3.06. The van der Waals surface area contributed by atoms with Gasteiger partial charge in [-0.3, -0.25) is 0 Å². The van der Waals surface area contributed by atoms with Crippen LogP contribution in [-0.4, -0.2) is 22.9 Å². The van der Waals surface area contributed by atoms with Crippen LogP contribution >= 0.6 is 0 Å². The Morgan fingerprint density at radius 3 is 2.60 bits per heavy atom. The normalized spacial score (nSPS) is 31.2. The fraction of sp³-hybridized carbons (Fsp3) is 0.667. The maximum absolute atomic E-state index is 10.4. The zero-order valence-electron chi connectivity index (χ0n) is 5.87. The minimum atomic E-state index is -0.951. The van der Waals surface area contributed by atoms with Crippen molar-refractivity contribution in [3.8, 4) is 0 Å². The topological polar surface area (TPSA) is 58.9 Å². The first-order chi connectivity index (χ1) is 4.63. The Morgan fingerprint density at radius 2 is 2.40 bits per heavy atom. The Labute approximate surface area is 58.5 Å². The molecule has 0 aromatic heterocycles. The third kappa shape index (κ3) is 0.964. The van der Waals surface area contributed by atoms with Crippen LogP contribution in [0.3, 0.4) is 0 Å². The van der Waals surface area contributed by atoms with Crippen molar-refractivity contribution in [1.29, 1.82) is 0 Å². The molecule has 1 aliphatic heterocycles. The summed E-state index contributed by atoms with van der Waals surface area (Å²) in [5.41, 5.74) is 0.743. The lowest BCUT2D eigenvalue weighted by atomic mass is 10.0. The quantitative estimate of drug-likeness (QED) is 0.580. The van der Waals surface area contributed by atoms with Crippen molar-refractivity contribution in [1.82, 2.24) is 0 Å². The highest BCUT2D eigenvalue weighted by molar-refractivity contribution is 5.90. The molecule has 4 heteroatoms. The average molecular weight is 143 g/mol. The van der Waals surface area contributed by atoms with Gasteiger partial charge in [0.2, 0.25) is 6.10 Å². The Morgan fingerprint density at radius 1 is 1.80 bits per heavy atom. The van der Waals surface area contributed by atoms with Gasteiger partial charge in [0.1, 0.15) is 0 Å². The maximum atomic E-state index is 10.4. The van der Waals surface area contributed by atoms with Gasteiger partial charge in [-0.25, -0.2) is 4.79 Å². The summed E-state index contributed by atoms with van der Waals surface area (Å²) < 4.78 is 0. The maximum Gasteiger partial charge on any atom is 0.348 e. The summed E-state index contributed by atoms with van der Waals surface area (Å²) in [5, 5.41) is 12.1. The highest BCUT2D eigenvalue weighted by Crippen LogP contribution is 2.17. The van der Waals surface area contributed by atoms with E-state index in [1.165, 1.54) is 0 Å². The number of hydrogen-bond donors (Lipinski definition) is 1. The Bertz CT molecular complexity index is 187. The van der Waals surface area contributed by atoms with Crippen LogP contribution in [0.5, 0.6) is 0 Å². The van der Waals surface area contributed by atoms with Crippen molar-refractivity contribution in [2.24, 2.45) is 11.1 Å². The lowest BCUT2D eigenvalue weighted by molar-refractivity contribution is -0.150. The summed E-state index contributed by atoms with van der Waals surface area (Å²) in [6.45, 7) is 3.54. The van der Waals surface area contributed by atoms with Gasteiger partial charge in [0.25, 0.3) is 0 Å². The summed E-state index contributed by atoms with van der Waals surface area (Å²) in [7, 11) is 0. The van der Waals surface area contributed by atoms with Crippen LogP contribution in [0.2, 0.25) is 0 Å². The van der Waals surface area contributed by atoms with E-state index in [-0.39, 0.29) is 5.92 Å².